The van der Waals surface area contributed by atoms with E-state index >= 15 is 0 Å². The summed E-state index contributed by atoms with van der Waals surface area (Å²) in [5.41, 5.74) is 1.00. The summed E-state index contributed by atoms with van der Waals surface area (Å²) in [6.45, 7) is 0.447. The third-order valence-electron chi connectivity index (χ3n) is 2.90. The minimum atomic E-state index is -1.05. The lowest BCUT2D eigenvalue weighted by Gasteiger charge is -2.07. The quantitative estimate of drug-likeness (QED) is 0.867. The highest BCUT2D eigenvalue weighted by atomic mass is 16.5. The van der Waals surface area contributed by atoms with Crippen molar-refractivity contribution in [3.63, 3.8) is 0 Å². The number of para-hydroxylation sites is 1. The van der Waals surface area contributed by atoms with E-state index in [1.165, 1.54) is 12.3 Å². The molecule has 3 rings (SSSR count). The number of aromatic carboxylic acids is 1. The van der Waals surface area contributed by atoms with Crippen molar-refractivity contribution in [2.45, 2.75) is 5.92 Å². The molecule has 1 N–H and O–H groups in total. The predicted molar refractivity (Wildman–Crippen MR) is 62.8 cm³/mol. The van der Waals surface area contributed by atoms with Crippen molar-refractivity contribution in [1.29, 1.82) is 0 Å². The Morgan fingerprint density at radius 3 is 3.00 bits per heavy atom. The number of nitrogens with zero attached hydrogens (tertiary/aromatic N) is 2. The first-order valence-corrected chi connectivity index (χ1v) is 5.53. The molecule has 1 atom stereocenters. The van der Waals surface area contributed by atoms with Gasteiger partial charge < -0.3 is 9.84 Å². The van der Waals surface area contributed by atoms with Crippen molar-refractivity contribution in [2.75, 3.05) is 6.61 Å². The van der Waals surface area contributed by atoms with Crippen LogP contribution in [0.4, 0.5) is 0 Å². The first-order valence-electron chi connectivity index (χ1n) is 5.53. The SMILES string of the molecule is O=C(O)c1ccnc(C2COc3ccccc32)n1. The van der Waals surface area contributed by atoms with Crippen molar-refractivity contribution < 1.29 is 14.6 Å². The topological polar surface area (TPSA) is 72.3 Å². The molecule has 1 aliphatic rings. The van der Waals surface area contributed by atoms with Crippen LogP contribution in [0.1, 0.15) is 27.8 Å². The fourth-order valence-electron chi connectivity index (χ4n) is 2.04. The number of carboxylic acid groups (broad SMARTS) is 1. The standard InChI is InChI=1S/C13H10N2O3/c16-13(17)10-5-6-14-12(15-10)9-7-18-11-4-2-1-3-8(9)11/h1-6,9H,7H2,(H,16,17). The van der Waals surface area contributed by atoms with Gasteiger partial charge in [0.15, 0.2) is 5.69 Å². The minimum absolute atomic E-state index is 0.00406. The fraction of sp³-hybridized carbons (Fsp3) is 0.154. The van der Waals surface area contributed by atoms with Gasteiger partial charge in [-0.1, -0.05) is 18.2 Å². The molecule has 1 aromatic heterocycles. The van der Waals surface area contributed by atoms with Gasteiger partial charge in [0.25, 0.3) is 0 Å². The van der Waals surface area contributed by atoms with Gasteiger partial charge in [-0.05, 0) is 12.1 Å². The normalized spacial score (nSPS) is 17.0. The Balaban J connectivity index is 2.02. The summed E-state index contributed by atoms with van der Waals surface area (Å²) < 4.78 is 5.54. The Hall–Kier alpha value is -2.43. The van der Waals surface area contributed by atoms with Crippen molar-refractivity contribution in [3.05, 3.63) is 53.6 Å². The molecule has 5 nitrogen and oxygen atoms in total. The maximum absolute atomic E-state index is 10.9. The molecular weight excluding hydrogens is 232 g/mol. The van der Waals surface area contributed by atoms with Gasteiger partial charge in [-0.2, -0.15) is 0 Å². The minimum Gasteiger partial charge on any atom is -0.492 e. The molecule has 0 amide bonds. The summed E-state index contributed by atoms with van der Waals surface area (Å²) in [6.07, 6.45) is 1.46. The average molecular weight is 242 g/mol. The molecule has 1 aromatic carbocycles. The maximum atomic E-state index is 10.9. The largest absolute Gasteiger partial charge is 0.492 e. The number of ether oxygens (including phenoxy) is 1. The molecule has 0 fully saturated rings. The maximum Gasteiger partial charge on any atom is 0.354 e. The van der Waals surface area contributed by atoms with Gasteiger partial charge in [-0.25, -0.2) is 14.8 Å². The van der Waals surface area contributed by atoms with Crippen molar-refractivity contribution in [3.8, 4) is 5.75 Å². The number of hydrogen-bond donors (Lipinski definition) is 1. The molecule has 2 heterocycles. The van der Waals surface area contributed by atoms with Crippen LogP contribution in [0.25, 0.3) is 0 Å². The molecule has 2 aromatic rings. The molecule has 5 heteroatoms. The highest BCUT2D eigenvalue weighted by Crippen LogP contribution is 2.36. The lowest BCUT2D eigenvalue weighted by Crippen LogP contribution is -2.11. The number of benzene rings is 1. The Morgan fingerprint density at radius 2 is 2.17 bits per heavy atom. The van der Waals surface area contributed by atoms with Crippen LogP contribution in [-0.2, 0) is 0 Å². The molecule has 0 aliphatic carbocycles. The monoisotopic (exact) mass is 242 g/mol. The Bertz CT molecular complexity index is 613. The summed E-state index contributed by atoms with van der Waals surface area (Å²) in [6, 6.07) is 9.03. The molecule has 0 radical (unpaired) electrons. The number of fused-ring (bicyclic) bond motifs is 1. The first kappa shape index (κ1) is 10.7. The first-order chi connectivity index (χ1) is 8.75. The summed E-state index contributed by atoms with van der Waals surface area (Å²) in [5, 5.41) is 8.93. The molecule has 90 valence electrons. The fourth-order valence-corrected chi connectivity index (χ4v) is 2.04. The summed E-state index contributed by atoms with van der Waals surface area (Å²) >= 11 is 0. The predicted octanol–water partition coefficient (Wildman–Crippen LogP) is 1.70. The Labute approximate surface area is 103 Å². The van der Waals surface area contributed by atoms with Gasteiger partial charge in [0, 0.05) is 11.8 Å². The van der Waals surface area contributed by atoms with Crippen LogP contribution in [0.2, 0.25) is 0 Å². The molecular formula is C13H10N2O3. The van der Waals surface area contributed by atoms with E-state index in [2.05, 4.69) is 9.97 Å². The van der Waals surface area contributed by atoms with Crippen molar-refractivity contribution in [2.24, 2.45) is 0 Å². The van der Waals surface area contributed by atoms with E-state index in [1.807, 2.05) is 24.3 Å². The van der Waals surface area contributed by atoms with Crippen molar-refractivity contribution >= 4 is 5.97 Å². The van der Waals surface area contributed by atoms with Crippen LogP contribution in [0.15, 0.2) is 36.5 Å². The van der Waals surface area contributed by atoms with E-state index in [0.29, 0.717) is 12.4 Å². The van der Waals surface area contributed by atoms with Crippen LogP contribution in [0.5, 0.6) is 5.75 Å². The molecule has 1 aliphatic heterocycles. The number of aromatic nitrogens is 2. The highest BCUT2D eigenvalue weighted by molar-refractivity contribution is 5.85. The van der Waals surface area contributed by atoms with Gasteiger partial charge in [-0.15, -0.1) is 0 Å². The molecule has 0 bridgehead atoms. The number of carbonyl (C=O) groups is 1. The van der Waals surface area contributed by atoms with Gasteiger partial charge in [0.05, 0.1) is 5.92 Å². The Morgan fingerprint density at radius 1 is 1.33 bits per heavy atom. The number of hydrogen-bond acceptors (Lipinski definition) is 4. The van der Waals surface area contributed by atoms with Gasteiger partial charge >= 0.3 is 5.97 Å². The van der Waals surface area contributed by atoms with E-state index < -0.39 is 5.97 Å². The lowest BCUT2D eigenvalue weighted by molar-refractivity contribution is 0.0689. The van der Waals surface area contributed by atoms with E-state index in [9.17, 15) is 4.79 Å². The second-order valence-corrected chi connectivity index (χ2v) is 4.01. The van der Waals surface area contributed by atoms with Gasteiger partial charge in [0.1, 0.15) is 18.2 Å². The number of rotatable bonds is 2. The van der Waals surface area contributed by atoms with Gasteiger partial charge in [-0.3, -0.25) is 0 Å². The lowest BCUT2D eigenvalue weighted by atomic mass is 10.0. The highest BCUT2D eigenvalue weighted by Gasteiger charge is 2.27. The van der Waals surface area contributed by atoms with E-state index in [-0.39, 0.29) is 11.6 Å². The second kappa shape index (κ2) is 4.10. The third-order valence-corrected chi connectivity index (χ3v) is 2.90. The molecule has 1 unspecified atom stereocenters. The zero-order chi connectivity index (χ0) is 12.5. The molecule has 18 heavy (non-hydrogen) atoms. The average Bonchev–Trinajstić information content (AvgIpc) is 2.82. The van der Waals surface area contributed by atoms with Crippen LogP contribution < -0.4 is 4.74 Å². The molecule has 0 saturated carbocycles. The number of carboxylic acids is 1. The third kappa shape index (κ3) is 1.69. The zero-order valence-corrected chi connectivity index (χ0v) is 9.41. The van der Waals surface area contributed by atoms with Crippen molar-refractivity contribution in [1.82, 2.24) is 9.97 Å². The van der Waals surface area contributed by atoms with E-state index in [1.54, 1.807) is 0 Å². The second-order valence-electron chi connectivity index (χ2n) is 4.01. The van der Waals surface area contributed by atoms with Crippen LogP contribution in [0.3, 0.4) is 0 Å². The molecule has 0 saturated heterocycles. The van der Waals surface area contributed by atoms with E-state index in [0.717, 1.165) is 11.3 Å². The summed E-state index contributed by atoms with van der Waals surface area (Å²) in [5.74, 6) is 0.151. The van der Waals surface area contributed by atoms with Crippen LogP contribution in [0, 0.1) is 0 Å². The smallest absolute Gasteiger partial charge is 0.354 e. The molecule has 0 spiro atoms. The summed E-state index contributed by atoms with van der Waals surface area (Å²) in [4.78, 5) is 19.1. The zero-order valence-electron chi connectivity index (χ0n) is 9.41. The van der Waals surface area contributed by atoms with Gasteiger partial charge in [0.2, 0.25) is 0 Å². The van der Waals surface area contributed by atoms with E-state index in [4.69, 9.17) is 9.84 Å². The van der Waals surface area contributed by atoms with Crippen LogP contribution >= 0.6 is 0 Å². The van der Waals surface area contributed by atoms with Crippen LogP contribution in [-0.4, -0.2) is 27.7 Å². The summed E-state index contributed by atoms with van der Waals surface area (Å²) in [7, 11) is 0. The Kier molecular flexibility index (Phi) is 2.44.